The van der Waals surface area contributed by atoms with Crippen LogP contribution in [0.15, 0.2) is 77.0 Å². The SMILES string of the molecule is CCCC(=S)Cc1ccc2c(c1NC)CCC2Nc1cncs1.Cc1cc(NC2CCCc3cc(CC(=O)OCCc4ccco4)c(N)cc32)cc(C(F)(F)F)c1. The van der Waals surface area contributed by atoms with E-state index < -0.39 is 11.7 Å². The minimum Gasteiger partial charge on any atom is -0.469 e. The van der Waals surface area contributed by atoms with Gasteiger partial charge < -0.3 is 30.8 Å². The summed E-state index contributed by atoms with van der Waals surface area (Å²) in [5, 5.41) is 11.4. The van der Waals surface area contributed by atoms with Crippen molar-refractivity contribution in [3.8, 4) is 0 Å². The Labute approximate surface area is 341 Å². The molecule has 0 fully saturated rings. The molecule has 3 aromatic carbocycles. The van der Waals surface area contributed by atoms with E-state index in [1.807, 2.05) is 37.0 Å². The van der Waals surface area contributed by atoms with E-state index in [1.54, 1.807) is 36.7 Å². The number of anilines is 4. The Morgan fingerprint density at radius 2 is 1.86 bits per heavy atom. The molecule has 2 atom stereocenters. The van der Waals surface area contributed by atoms with E-state index in [0.29, 0.717) is 35.0 Å². The van der Waals surface area contributed by atoms with Crippen LogP contribution in [-0.2, 0) is 47.8 Å². The van der Waals surface area contributed by atoms with Gasteiger partial charge in [0.15, 0.2) is 0 Å². The van der Waals surface area contributed by atoms with Crippen LogP contribution in [0.5, 0.6) is 0 Å². The molecule has 57 heavy (non-hydrogen) atoms. The number of ether oxygens (including phenoxy) is 1. The van der Waals surface area contributed by atoms with Gasteiger partial charge in [-0.05, 0) is 126 Å². The number of nitrogen functional groups attached to an aromatic ring is 1. The summed E-state index contributed by atoms with van der Waals surface area (Å²) in [6.45, 7) is 4.05. The topological polar surface area (TPSA) is 114 Å². The Bertz CT molecular complexity index is 2140. The Kier molecular flexibility index (Phi) is 13.9. The fourth-order valence-electron chi connectivity index (χ4n) is 7.78. The first-order valence-corrected chi connectivity index (χ1v) is 20.7. The molecule has 2 heterocycles. The van der Waals surface area contributed by atoms with Gasteiger partial charge in [0.2, 0.25) is 0 Å². The lowest BCUT2D eigenvalue weighted by Gasteiger charge is -2.29. The van der Waals surface area contributed by atoms with Gasteiger partial charge in [-0.2, -0.15) is 13.2 Å². The number of esters is 1. The van der Waals surface area contributed by atoms with Crippen LogP contribution in [0, 0.1) is 6.92 Å². The molecule has 0 aliphatic heterocycles. The lowest BCUT2D eigenvalue weighted by molar-refractivity contribution is -0.142. The minimum absolute atomic E-state index is 0.0577. The highest BCUT2D eigenvalue weighted by Gasteiger charge is 2.32. The number of alkyl halides is 3. The number of nitrogens with two attached hydrogens (primary N) is 1. The molecule has 0 radical (unpaired) electrons. The number of carbonyl (C=O) groups is 1. The molecular formula is C44H50F3N5O3S2. The van der Waals surface area contributed by atoms with Gasteiger partial charge in [-0.15, -0.1) is 11.3 Å². The summed E-state index contributed by atoms with van der Waals surface area (Å²) < 4.78 is 50.2. The summed E-state index contributed by atoms with van der Waals surface area (Å²) in [6, 6.07) is 16.1. The first-order valence-electron chi connectivity index (χ1n) is 19.5. The summed E-state index contributed by atoms with van der Waals surface area (Å²) >= 11 is 7.18. The van der Waals surface area contributed by atoms with Crippen LogP contribution in [0.1, 0.15) is 101 Å². The lowest BCUT2D eigenvalue weighted by Crippen LogP contribution is -2.19. The number of hydrogen-bond acceptors (Lipinski definition) is 10. The fraction of sp³-hybridized carbons (Fsp3) is 0.386. The van der Waals surface area contributed by atoms with Gasteiger partial charge in [-0.1, -0.05) is 43.8 Å². The molecule has 5 N–H and O–H groups in total. The minimum atomic E-state index is -4.40. The Morgan fingerprint density at radius 3 is 2.58 bits per heavy atom. The lowest BCUT2D eigenvalue weighted by atomic mass is 9.85. The predicted molar refractivity (Wildman–Crippen MR) is 227 cm³/mol. The second kappa shape index (κ2) is 19.0. The smallest absolute Gasteiger partial charge is 0.416 e. The van der Waals surface area contributed by atoms with Gasteiger partial charge in [0.1, 0.15) is 10.8 Å². The van der Waals surface area contributed by atoms with Crippen LogP contribution in [0.4, 0.5) is 35.2 Å². The zero-order valence-corrected chi connectivity index (χ0v) is 34.2. The van der Waals surface area contributed by atoms with Crippen molar-refractivity contribution in [2.75, 3.05) is 35.3 Å². The van der Waals surface area contributed by atoms with E-state index in [2.05, 4.69) is 40.0 Å². The van der Waals surface area contributed by atoms with Crippen LogP contribution >= 0.6 is 23.6 Å². The molecule has 13 heteroatoms. The standard InChI is InChI=1S/C26H27F3N2O3.C18H23N3S2/c1-16-10-19(26(27,28)29)14-20(11-16)31-24-6-2-4-17-12-18(23(30)15-22(17)24)13-25(32)34-9-7-21-5-3-8-33-21;1-3-4-13(22)9-12-5-6-14-15(18(12)19-2)7-8-16(14)21-17-10-20-11-23-17/h3,5,8,10-12,14-15,24,31H,2,4,6-7,9,13,30H2,1H3;5-6,10-11,16,19,21H,3-4,7-9H2,1-2H3. The Hall–Kier alpha value is -4.88. The number of benzene rings is 3. The summed E-state index contributed by atoms with van der Waals surface area (Å²) in [5.74, 6) is 0.374. The van der Waals surface area contributed by atoms with Crippen LogP contribution in [0.2, 0.25) is 0 Å². The number of halogens is 3. The third-order valence-electron chi connectivity index (χ3n) is 10.4. The molecule has 302 valence electrons. The average Bonchev–Trinajstić information content (AvgIpc) is 3.96. The summed E-state index contributed by atoms with van der Waals surface area (Å²) in [5.41, 5.74) is 17.1. The van der Waals surface area contributed by atoms with Crippen molar-refractivity contribution in [3.05, 3.63) is 123 Å². The number of furan rings is 1. The first kappa shape index (κ1) is 41.7. The van der Waals surface area contributed by atoms with Crippen molar-refractivity contribution < 1.29 is 27.1 Å². The Balaban J connectivity index is 0.000000208. The van der Waals surface area contributed by atoms with Crippen LogP contribution in [0.3, 0.4) is 0 Å². The Morgan fingerprint density at radius 1 is 1.04 bits per heavy atom. The van der Waals surface area contributed by atoms with Crippen molar-refractivity contribution in [1.82, 2.24) is 4.98 Å². The number of aryl methyl sites for hydroxylation is 2. The summed E-state index contributed by atoms with van der Waals surface area (Å²) in [6.07, 6.45) is 7.39. The molecule has 0 saturated heterocycles. The quantitative estimate of drug-likeness (QED) is 0.0494. The molecule has 8 nitrogen and oxygen atoms in total. The first-order chi connectivity index (χ1) is 27.4. The molecule has 2 aliphatic rings. The number of nitrogens with one attached hydrogen (secondary N) is 3. The maximum absolute atomic E-state index is 13.2. The number of nitrogens with zero attached hydrogens (tertiary/aromatic N) is 1. The van der Waals surface area contributed by atoms with Crippen molar-refractivity contribution in [2.24, 2.45) is 0 Å². The average molecular weight is 818 g/mol. The number of fused-ring (bicyclic) bond motifs is 2. The van der Waals surface area contributed by atoms with E-state index >= 15 is 0 Å². The van der Waals surface area contributed by atoms with Gasteiger partial charge in [0.05, 0.1) is 48.6 Å². The van der Waals surface area contributed by atoms with Crippen molar-refractivity contribution >= 4 is 56.5 Å². The molecule has 0 bridgehead atoms. The maximum Gasteiger partial charge on any atom is 0.416 e. The summed E-state index contributed by atoms with van der Waals surface area (Å²) in [7, 11) is 2.02. The largest absolute Gasteiger partial charge is 0.469 e. The van der Waals surface area contributed by atoms with Crippen molar-refractivity contribution in [2.45, 2.75) is 96.3 Å². The highest BCUT2D eigenvalue weighted by Crippen LogP contribution is 2.41. The summed E-state index contributed by atoms with van der Waals surface area (Å²) in [4.78, 5) is 17.6. The van der Waals surface area contributed by atoms with E-state index in [4.69, 9.17) is 27.1 Å². The maximum atomic E-state index is 13.2. The third kappa shape index (κ3) is 11.0. The van der Waals surface area contributed by atoms with E-state index in [1.165, 1.54) is 22.4 Å². The molecule has 0 amide bonds. The second-order valence-corrected chi connectivity index (χ2v) is 16.1. The number of aromatic nitrogens is 1. The molecule has 5 aromatic rings. The molecular weight excluding hydrogens is 768 g/mol. The number of hydrogen-bond donors (Lipinski definition) is 4. The highest BCUT2D eigenvalue weighted by atomic mass is 32.1. The second-order valence-electron chi connectivity index (χ2n) is 14.6. The van der Waals surface area contributed by atoms with Gasteiger partial charge >= 0.3 is 12.1 Å². The predicted octanol–water partition coefficient (Wildman–Crippen LogP) is 11.0. The normalized spacial score (nSPS) is 15.8. The van der Waals surface area contributed by atoms with E-state index in [-0.39, 0.29) is 25.0 Å². The number of rotatable bonds is 14. The monoisotopic (exact) mass is 817 g/mol. The van der Waals surface area contributed by atoms with Gasteiger partial charge in [-0.25, -0.2) is 0 Å². The third-order valence-corrected chi connectivity index (χ3v) is 11.4. The van der Waals surface area contributed by atoms with E-state index in [0.717, 1.165) is 90.3 Å². The zero-order chi connectivity index (χ0) is 40.5. The molecule has 2 unspecified atom stereocenters. The number of thiocarbonyl (C=S) groups is 1. The number of carbonyl (C=O) groups excluding carboxylic acids is 1. The van der Waals surface area contributed by atoms with Crippen molar-refractivity contribution in [1.29, 1.82) is 0 Å². The number of thiazole rings is 1. The van der Waals surface area contributed by atoms with Crippen LogP contribution in [-0.4, -0.2) is 29.5 Å². The molecule has 7 rings (SSSR count). The van der Waals surface area contributed by atoms with Gasteiger partial charge in [0, 0.05) is 37.0 Å². The van der Waals surface area contributed by atoms with Crippen LogP contribution in [0.25, 0.3) is 0 Å². The van der Waals surface area contributed by atoms with Crippen molar-refractivity contribution in [3.63, 3.8) is 0 Å². The highest BCUT2D eigenvalue weighted by molar-refractivity contribution is 7.80. The molecule has 2 aliphatic carbocycles. The van der Waals surface area contributed by atoms with Gasteiger partial charge in [0.25, 0.3) is 0 Å². The van der Waals surface area contributed by atoms with Gasteiger partial charge in [-0.3, -0.25) is 9.78 Å². The molecule has 2 aromatic heterocycles. The fourth-order valence-corrected chi connectivity index (χ4v) is 8.71. The van der Waals surface area contributed by atoms with Crippen LogP contribution < -0.4 is 21.7 Å². The van der Waals surface area contributed by atoms with E-state index in [9.17, 15) is 18.0 Å². The zero-order valence-electron chi connectivity index (χ0n) is 32.6. The molecule has 0 saturated carbocycles. The molecule has 0 spiro atoms.